The summed E-state index contributed by atoms with van der Waals surface area (Å²) in [6.45, 7) is 9.20. The van der Waals surface area contributed by atoms with E-state index in [9.17, 15) is 0 Å². The SMILES string of the molecule is CC(C)(C)C1CCC2(CCOC2)C1. The first-order chi connectivity index (χ1) is 6.02. The zero-order valence-electron chi connectivity index (χ0n) is 9.23. The van der Waals surface area contributed by atoms with E-state index in [-0.39, 0.29) is 0 Å². The Morgan fingerprint density at radius 1 is 1.23 bits per heavy atom. The fourth-order valence-corrected chi connectivity index (χ4v) is 2.95. The first-order valence-electron chi connectivity index (χ1n) is 5.60. The van der Waals surface area contributed by atoms with Gasteiger partial charge in [-0.3, -0.25) is 0 Å². The molecule has 1 nitrogen and oxygen atoms in total. The zero-order chi connectivity index (χ0) is 9.53. The molecule has 0 bridgehead atoms. The lowest BCUT2D eigenvalue weighted by Gasteiger charge is -2.29. The molecular weight excluding hydrogens is 160 g/mol. The van der Waals surface area contributed by atoms with Gasteiger partial charge in [-0.2, -0.15) is 0 Å². The first-order valence-corrected chi connectivity index (χ1v) is 5.60. The van der Waals surface area contributed by atoms with Crippen LogP contribution in [0.25, 0.3) is 0 Å². The van der Waals surface area contributed by atoms with E-state index >= 15 is 0 Å². The van der Waals surface area contributed by atoms with Crippen LogP contribution in [-0.2, 0) is 4.74 Å². The first kappa shape index (κ1) is 9.51. The quantitative estimate of drug-likeness (QED) is 0.559. The minimum Gasteiger partial charge on any atom is -0.381 e. The second-order valence-corrected chi connectivity index (χ2v) is 6.11. The fourth-order valence-electron chi connectivity index (χ4n) is 2.95. The van der Waals surface area contributed by atoms with Crippen molar-refractivity contribution in [3.8, 4) is 0 Å². The Morgan fingerprint density at radius 3 is 2.46 bits per heavy atom. The van der Waals surface area contributed by atoms with Crippen molar-refractivity contribution in [3.63, 3.8) is 0 Å². The molecule has 1 aliphatic carbocycles. The molecule has 0 aromatic heterocycles. The lowest BCUT2D eigenvalue weighted by molar-refractivity contribution is 0.143. The molecule has 1 aliphatic heterocycles. The summed E-state index contributed by atoms with van der Waals surface area (Å²) in [5.74, 6) is 0.925. The molecule has 0 radical (unpaired) electrons. The Morgan fingerprint density at radius 2 is 2.00 bits per heavy atom. The average molecular weight is 182 g/mol. The predicted molar refractivity (Wildman–Crippen MR) is 54.7 cm³/mol. The zero-order valence-corrected chi connectivity index (χ0v) is 9.23. The number of hydrogen-bond acceptors (Lipinski definition) is 1. The van der Waals surface area contributed by atoms with Crippen molar-refractivity contribution >= 4 is 0 Å². The molecule has 1 saturated carbocycles. The predicted octanol–water partition coefficient (Wildman–Crippen LogP) is 3.24. The maximum Gasteiger partial charge on any atom is 0.0523 e. The summed E-state index contributed by atoms with van der Waals surface area (Å²) in [5.41, 5.74) is 1.10. The van der Waals surface area contributed by atoms with Crippen LogP contribution in [0.4, 0.5) is 0 Å². The van der Waals surface area contributed by atoms with Gasteiger partial charge in [-0.25, -0.2) is 0 Å². The van der Waals surface area contributed by atoms with E-state index in [1.54, 1.807) is 0 Å². The van der Waals surface area contributed by atoms with Crippen molar-refractivity contribution in [3.05, 3.63) is 0 Å². The Hall–Kier alpha value is -0.0400. The lowest BCUT2D eigenvalue weighted by atomic mass is 9.76. The van der Waals surface area contributed by atoms with E-state index in [4.69, 9.17) is 4.74 Å². The molecule has 2 atom stereocenters. The third-order valence-corrected chi connectivity index (χ3v) is 4.11. The number of rotatable bonds is 0. The highest BCUT2D eigenvalue weighted by Crippen LogP contribution is 2.52. The maximum atomic E-state index is 5.54. The van der Waals surface area contributed by atoms with Gasteiger partial charge in [0, 0.05) is 6.61 Å². The summed E-state index contributed by atoms with van der Waals surface area (Å²) >= 11 is 0. The summed E-state index contributed by atoms with van der Waals surface area (Å²) in [5, 5.41) is 0. The summed E-state index contributed by atoms with van der Waals surface area (Å²) < 4.78 is 5.54. The van der Waals surface area contributed by atoms with Crippen LogP contribution in [0.2, 0.25) is 0 Å². The Labute approximate surface area is 81.9 Å². The molecule has 13 heavy (non-hydrogen) atoms. The highest BCUT2D eigenvalue weighted by Gasteiger charge is 2.45. The molecular formula is C12H22O. The molecule has 1 spiro atoms. The van der Waals surface area contributed by atoms with Gasteiger partial charge in [0.05, 0.1) is 6.61 Å². The Balaban J connectivity index is 2.01. The molecule has 2 rings (SSSR count). The van der Waals surface area contributed by atoms with E-state index in [0.29, 0.717) is 10.8 Å². The van der Waals surface area contributed by atoms with Gasteiger partial charge < -0.3 is 4.74 Å². The van der Waals surface area contributed by atoms with Crippen LogP contribution in [-0.4, -0.2) is 13.2 Å². The highest BCUT2D eigenvalue weighted by atomic mass is 16.5. The van der Waals surface area contributed by atoms with Crippen molar-refractivity contribution in [1.29, 1.82) is 0 Å². The Kier molecular flexibility index (Phi) is 2.18. The summed E-state index contributed by atoms with van der Waals surface area (Å²) in [6.07, 6.45) is 5.57. The molecule has 2 aliphatic rings. The van der Waals surface area contributed by atoms with Crippen molar-refractivity contribution < 1.29 is 4.74 Å². The van der Waals surface area contributed by atoms with Gasteiger partial charge in [0.1, 0.15) is 0 Å². The van der Waals surface area contributed by atoms with Gasteiger partial charge in [0.2, 0.25) is 0 Å². The highest BCUT2D eigenvalue weighted by molar-refractivity contribution is 4.94. The van der Waals surface area contributed by atoms with Crippen molar-refractivity contribution in [2.45, 2.75) is 46.5 Å². The average Bonchev–Trinajstić information content (AvgIpc) is 2.60. The normalized spacial score (nSPS) is 40.4. The summed E-state index contributed by atoms with van der Waals surface area (Å²) in [6, 6.07) is 0. The van der Waals surface area contributed by atoms with Crippen LogP contribution in [0.1, 0.15) is 46.5 Å². The smallest absolute Gasteiger partial charge is 0.0523 e. The van der Waals surface area contributed by atoms with Crippen molar-refractivity contribution in [2.24, 2.45) is 16.7 Å². The van der Waals surface area contributed by atoms with Crippen molar-refractivity contribution in [1.82, 2.24) is 0 Å². The third-order valence-electron chi connectivity index (χ3n) is 4.11. The molecule has 1 saturated heterocycles. The van der Waals surface area contributed by atoms with Gasteiger partial charge in [-0.05, 0) is 42.4 Å². The van der Waals surface area contributed by atoms with Crippen LogP contribution in [0.15, 0.2) is 0 Å². The molecule has 76 valence electrons. The minimum atomic E-state index is 0.506. The van der Waals surface area contributed by atoms with Crippen LogP contribution < -0.4 is 0 Å². The van der Waals surface area contributed by atoms with E-state index in [2.05, 4.69) is 20.8 Å². The van der Waals surface area contributed by atoms with E-state index < -0.39 is 0 Å². The molecule has 1 heteroatoms. The van der Waals surface area contributed by atoms with Crippen molar-refractivity contribution in [2.75, 3.05) is 13.2 Å². The number of ether oxygens (including phenoxy) is 1. The molecule has 0 aromatic carbocycles. The standard InChI is InChI=1S/C12H22O/c1-11(2,3)10-4-5-12(8-10)6-7-13-9-12/h10H,4-9H2,1-3H3. The monoisotopic (exact) mass is 182 g/mol. The Bertz CT molecular complexity index is 184. The fraction of sp³-hybridized carbons (Fsp3) is 1.00. The molecule has 0 aromatic rings. The maximum absolute atomic E-state index is 5.54. The van der Waals surface area contributed by atoms with E-state index in [1.165, 1.54) is 25.7 Å². The van der Waals surface area contributed by atoms with E-state index in [1.807, 2.05) is 0 Å². The van der Waals surface area contributed by atoms with Crippen LogP contribution in [0, 0.1) is 16.7 Å². The van der Waals surface area contributed by atoms with Gasteiger partial charge in [-0.1, -0.05) is 20.8 Å². The van der Waals surface area contributed by atoms with Crippen LogP contribution in [0.5, 0.6) is 0 Å². The minimum absolute atomic E-state index is 0.506. The topological polar surface area (TPSA) is 9.23 Å². The van der Waals surface area contributed by atoms with Crippen LogP contribution in [0.3, 0.4) is 0 Å². The third kappa shape index (κ3) is 1.76. The largest absolute Gasteiger partial charge is 0.381 e. The lowest BCUT2D eigenvalue weighted by Crippen LogP contribution is -2.22. The second kappa shape index (κ2) is 2.98. The number of hydrogen-bond donors (Lipinski definition) is 0. The summed E-state index contributed by atoms with van der Waals surface area (Å²) in [4.78, 5) is 0. The molecule has 0 amide bonds. The van der Waals surface area contributed by atoms with E-state index in [0.717, 1.165) is 19.1 Å². The molecule has 0 N–H and O–H groups in total. The molecule has 2 fully saturated rings. The van der Waals surface area contributed by atoms with Gasteiger partial charge in [0.15, 0.2) is 0 Å². The van der Waals surface area contributed by atoms with Gasteiger partial charge in [0.25, 0.3) is 0 Å². The second-order valence-electron chi connectivity index (χ2n) is 6.11. The molecule has 2 unspecified atom stereocenters. The molecule has 1 heterocycles. The summed E-state index contributed by atoms with van der Waals surface area (Å²) in [7, 11) is 0. The van der Waals surface area contributed by atoms with Gasteiger partial charge >= 0.3 is 0 Å². The van der Waals surface area contributed by atoms with Gasteiger partial charge in [-0.15, -0.1) is 0 Å². The van der Waals surface area contributed by atoms with Crippen LogP contribution >= 0.6 is 0 Å².